The molecule has 1 N–H and O–H groups in total. The van der Waals surface area contributed by atoms with Gasteiger partial charge in [0.2, 0.25) is 0 Å². The summed E-state index contributed by atoms with van der Waals surface area (Å²) in [7, 11) is 0. The van der Waals surface area contributed by atoms with E-state index in [-0.39, 0.29) is 11.7 Å². The molecule has 0 aromatic heterocycles. The third-order valence-electron chi connectivity index (χ3n) is 2.80. The number of ether oxygens (including phenoxy) is 1. The van der Waals surface area contributed by atoms with E-state index in [0.29, 0.717) is 12.8 Å². The van der Waals surface area contributed by atoms with Crippen LogP contribution in [-0.2, 0) is 4.74 Å². The van der Waals surface area contributed by atoms with Crippen molar-refractivity contribution in [2.45, 2.75) is 56.7 Å². The Morgan fingerprint density at radius 2 is 1.26 bits per heavy atom. The Bertz CT molecular complexity index is 350. The largest absolute Gasteiger partial charge is 0.450 e. The molecule has 138 valence electrons. The molecule has 0 aromatic rings. The van der Waals surface area contributed by atoms with Crippen LogP contribution in [0.3, 0.4) is 0 Å². The van der Waals surface area contributed by atoms with Crippen LogP contribution in [0.25, 0.3) is 0 Å². The number of amides is 1. The van der Waals surface area contributed by atoms with Gasteiger partial charge in [0, 0.05) is 0 Å². The quantitative estimate of drug-likeness (QED) is 0.548. The highest BCUT2D eigenvalue weighted by Gasteiger charge is 2.85. The molecule has 0 fully saturated rings. The van der Waals surface area contributed by atoms with Crippen LogP contribution < -0.4 is 5.32 Å². The van der Waals surface area contributed by atoms with Gasteiger partial charge in [0.1, 0.15) is 0 Å². The second-order valence-electron chi connectivity index (χ2n) is 4.56. The fraction of sp³-hybridized carbons (Fsp3) is 0.909. The van der Waals surface area contributed by atoms with E-state index in [0.717, 1.165) is 6.42 Å². The Kier molecular flexibility index (Phi) is 7.03. The average Bonchev–Trinajstić information content (AvgIpc) is 2.31. The predicted octanol–water partition coefficient (Wildman–Crippen LogP) is 4.72. The smallest absolute Gasteiger partial charge is 0.429 e. The lowest BCUT2D eigenvalue weighted by Gasteiger charge is -2.38. The lowest BCUT2D eigenvalue weighted by atomic mass is 9.97. The molecule has 3 nitrogen and oxygen atoms in total. The van der Waals surface area contributed by atoms with Gasteiger partial charge in [-0.05, 0) is 6.42 Å². The normalized spacial score (nSPS) is 13.8. The van der Waals surface area contributed by atoms with Gasteiger partial charge in [-0.1, -0.05) is 26.2 Å². The van der Waals surface area contributed by atoms with Crippen molar-refractivity contribution in [3.05, 3.63) is 0 Å². The number of halogens is 9. The molecule has 23 heavy (non-hydrogen) atoms. The van der Waals surface area contributed by atoms with E-state index < -0.39 is 36.8 Å². The fourth-order valence-corrected chi connectivity index (χ4v) is 1.58. The molecule has 0 spiro atoms. The Morgan fingerprint density at radius 3 is 1.61 bits per heavy atom. The average molecular weight is 363 g/mol. The van der Waals surface area contributed by atoms with Crippen LogP contribution in [0.15, 0.2) is 0 Å². The molecule has 0 rings (SSSR count). The molecule has 0 radical (unpaired) electrons. The molecular formula is C11H14F9NO2. The summed E-state index contributed by atoms with van der Waals surface area (Å²) in [6, 6.07) is 0. The van der Waals surface area contributed by atoms with E-state index in [9.17, 15) is 44.3 Å². The molecule has 0 unspecified atom stereocenters. The van der Waals surface area contributed by atoms with Gasteiger partial charge >= 0.3 is 30.2 Å². The second-order valence-corrected chi connectivity index (χ2v) is 4.56. The molecule has 0 heterocycles. The molecule has 0 atom stereocenters. The van der Waals surface area contributed by atoms with E-state index in [1.807, 2.05) is 0 Å². The number of hydrogen-bond acceptors (Lipinski definition) is 2. The minimum atomic E-state index is -6.86. The van der Waals surface area contributed by atoms with Crippen LogP contribution in [0.5, 0.6) is 0 Å². The molecule has 0 bridgehead atoms. The number of alkyl halides is 9. The summed E-state index contributed by atoms with van der Waals surface area (Å²) in [6.45, 7) is 1.20. The first-order chi connectivity index (χ1) is 10.2. The van der Waals surface area contributed by atoms with Gasteiger partial charge in [0.15, 0.2) is 0 Å². The predicted molar refractivity (Wildman–Crippen MR) is 59.5 cm³/mol. The van der Waals surface area contributed by atoms with E-state index in [4.69, 9.17) is 0 Å². The number of hydrogen-bond donors (Lipinski definition) is 1. The monoisotopic (exact) mass is 363 g/mol. The van der Waals surface area contributed by atoms with Crippen molar-refractivity contribution in [2.24, 2.45) is 0 Å². The van der Waals surface area contributed by atoms with Crippen molar-refractivity contribution in [3.63, 3.8) is 0 Å². The minimum absolute atomic E-state index is 0.0949. The molecule has 12 heteroatoms. The first kappa shape index (κ1) is 21.6. The summed E-state index contributed by atoms with van der Waals surface area (Å²) in [4.78, 5) is 11.0. The van der Waals surface area contributed by atoms with Gasteiger partial charge in [0.05, 0.1) is 6.61 Å². The summed E-state index contributed by atoms with van der Waals surface area (Å²) in [6.07, 6.45) is -21.1. The minimum Gasteiger partial charge on any atom is -0.450 e. The maximum absolute atomic E-state index is 12.5. The topological polar surface area (TPSA) is 38.3 Å². The van der Waals surface area contributed by atoms with E-state index >= 15 is 0 Å². The van der Waals surface area contributed by atoms with E-state index in [2.05, 4.69) is 4.74 Å². The van der Waals surface area contributed by atoms with Crippen LogP contribution in [0.4, 0.5) is 44.3 Å². The van der Waals surface area contributed by atoms with Gasteiger partial charge in [0.25, 0.3) is 0 Å². The second kappa shape index (κ2) is 7.47. The molecule has 0 saturated carbocycles. The highest BCUT2D eigenvalue weighted by atomic mass is 19.4. The SMILES string of the molecule is CCCCCCOC(=O)NC(C(F)(F)F)(C(F)(F)F)C(F)(F)F. The van der Waals surface area contributed by atoms with Crippen molar-refractivity contribution in [1.82, 2.24) is 5.32 Å². The maximum Gasteiger partial charge on any atom is 0.429 e. The molecule has 0 aromatic carbocycles. The first-order valence-electron chi connectivity index (χ1n) is 6.35. The van der Waals surface area contributed by atoms with Gasteiger partial charge in [-0.15, -0.1) is 0 Å². The fourth-order valence-electron chi connectivity index (χ4n) is 1.58. The molecule has 0 aliphatic rings. The molecule has 0 aliphatic heterocycles. The summed E-state index contributed by atoms with van der Waals surface area (Å²) < 4.78 is 117. The summed E-state index contributed by atoms with van der Waals surface area (Å²) in [5, 5.41) is -0.0949. The maximum atomic E-state index is 12.5. The summed E-state index contributed by atoms with van der Waals surface area (Å²) >= 11 is 0. The number of alkyl carbamates (subject to hydrolysis) is 1. The number of rotatable bonds is 6. The standard InChI is InChI=1S/C11H14F9NO2/c1-2-3-4-5-6-23-7(22)21-8(9(12,13)14,10(15,16)17)11(18,19)20/h2-6H2,1H3,(H,21,22). The number of carbonyl (C=O) groups excluding carboxylic acids is 1. The Hall–Kier alpha value is -1.36. The summed E-state index contributed by atoms with van der Waals surface area (Å²) in [5.41, 5.74) is -6.40. The number of unbranched alkanes of at least 4 members (excludes halogenated alkanes) is 3. The van der Waals surface area contributed by atoms with Crippen molar-refractivity contribution < 1.29 is 49.0 Å². The third-order valence-corrected chi connectivity index (χ3v) is 2.80. The Balaban J connectivity index is 5.23. The van der Waals surface area contributed by atoms with Gasteiger partial charge in [-0.2, -0.15) is 39.5 Å². The van der Waals surface area contributed by atoms with Crippen molar-refractivity contribution in [1.29, 1.82) is 0 Å². The zero-order chi connectivity index (χ0) is 18.5. The van der Waals surface area contributed by atoms with Crippen molar-refractivity contribution in [3.8, 4) is 0 Å². The molecule has 1 amide bonds. The van der Waals surface area contributed by atoms with Crippen molar-refractivity contribution in [2.75, 3.05) is 6.61 Å². The molecule has 0 aliphatic carbocycles. The van der Waals surface area contributed by atoms with Crippen LogP contribution in [0, 0.1) is 0 Å². The molecule has 0 saturated heterocycles. The van der Waals surface area contributed by atoms with Gasteiger partial charge in [-0.25, -0.2) is 4.79 Å². The highest BCUT2D eigenvalue weighted by molar-refractivity contribution is 5.69. The zero-order valence-corrected chi connectivity index (χ0v) is 11.8. The van der Waals surface area contributed by atoms with Crippen LogP contribution in [0.1, 0.15) is 32.6 Å². The van der Waals surface area contributed by atoms with Gasteiger partial charge in [-0.3, -0.25) is 5.32 Å². The third kappa shape index (κ3) is 5.06. The zero-order valence-electron chi connectivity index (χ0n) is 11.8. The number of nitrogens with one attached hydrogen (secondary N) is 1. The summed E-state index contributed by atoms with van der Waals surface area (Å²) in [5.74, 6) is 0. The van der Waals surface area contributed by atoms with Crippen molar-refractivity contribution >= 4 is 6.09 Å². The van der Waals surface area contributed by atoms with Crippen LogP contribution in [0.2, 0.25) is 0 Å². The highest BCUT2D eigenvalue weighted by Crippen LogP contribution is 2.52. The lowest BCUT2D eigenvalue weighted by Crippen LogP contribution is -2.75. The van der Waals surface area contributed by atoms with Gasteiger partial charge < -0.3 is 4.74 Å². The Labute approximate surface area is 125 Å². The van der Waals surface area contributed by atoms with E-state index in [1.165, 1.54) is 0 Å². The molecular weight excluding hydrogens is 349 g/mol. The van der Waals surface area contributed by atoms with Crippen LogP contribution >= 0.6 is 0 Å². The Morgan fingerprint density at radius 1 is 0.826 bits per heavy atom. The van der Waals surface area contributed by atoms with E-state index in [1.54, 1.807) is 6.92 Å². The number of carbonyl (C=O) groups is 1. The first-order valence-corrected chi connectivity index (χ1v) is 6.35. The lowest BCUT2D eigenvalue weighted by molar-refractivity contribution is -0.387. The van der Waals surface area contributed by atoms with Crippen LogP contribution in [-0.4, -0.2) is 36.8 Å².